The molecule has 0 aromatic heterocycles. The fourth-order valence-electron chi connectivity index (χ4n) is 1.86. The lowest BCUT2D eigenvalue weighted by atomic mass is 10.0. The number of hydrogen-bond acceptors (Lipinski definition) is 2. The predicted molar refractivity (Wildman–Crippen MR) is 60.8 cm³/mol. The molecule has 3 nitrogen and oxygen atoms in total. The zero-order valence-electron chi connectivity index (χ0n) is 9.70. The zero-order valence-corrected chi connectivity index (χ0v) is 9.70. The molecule has 1 aliphatic heterocycles. The smallest absolute Gasteiger partial charge is 0.330 e. The molecule has 1 heterocycles. The summed E-state index contributed by atoms with van der Waals surface area (Å²) in [4.78, 5) is 12.9. The second kappa shape index (κ2) is 5.91. The van der Waals surface area contributed by atoms with Crippen molar-refractivity contribution in [3.63, 3.8) is 0 Å². The number of likely N-dealkylation sites (tertiary alicyclic amines) is 1. The summed E-state index contributed by atoms with van der Waals surface area (Å²) in [6.07, 6.45) is 5.59. The van der Waals surface area contributed by atoms with E-state index < -0.39 is 5.97 Å². The molecule has 0 spiro atoms. The monoisotopic (exact) mass is 211 g/mol. The molecule has 1 unspecified atom stereocenters. The van der Waals surface area contributed by atoms with Gasteiger partial charge in [0.15, 0.2) is 0 Å². The van der Waals surface area contributed by atoms with Crippen molar-refractivity contribution in [2.75, 3.05) is 19.6 Å². The average Bonchev–Trinajstić information content (AvgIpc) is 2.39. The van der Waals surface area contributed by atoms with Crippen molar-refractivity contribution in [1.82, 2.24) is 4.90 Å². The summed E-state index contributed by atoms with van der Waals surface area (Å²) in [6, 6.07) is 0. The van der Waals surface area contributed by atoms with E-state index in [1.807, 2.05) is 6.08 Å². The molecule has 0 aromatic rings. The first-order valence-corrected chi connectivity index (χ1v) is 5.72. The summed E-state index contributed by atoms with van der Waals surface area (Å²) in [5.74, 6) is 0.0118. The van der Waals surface area contributed by atoms with E-state index in [0.29, 0.717) is 5.57 Å². The number of carboxylic acid groups (broad SMARTS) is 1. The first-order valence-electron chi connectivity index (χ1n) is 5.72. The molecular weight excluding hydrogens is 190 g/mol. The number of aliphatic carboxylic acids is 1. The Morgan fingerprint density at radius 2 is 2.20 bits per heavy atom. The van der Waals surface area contributed by atoms with E-state index >= 15 is 0 Å². The number of carboxylic acids is 1. The van der Waals surface area contributed by atoms with E-state index in [4.69, 9.17) is 5.11 Å². The highest BCUT2D eigenvalue weighted by molar-refractivity contribution is 5.85. The Balaban J connectivity index is 2.38. The van der Waals surface area contributed by atoms with E-state index in [1.165, 1.54) is 19.3 Å². The van der Waals surface area contributed by atoms with Crippen molar-refractivity contribution in [2.24, 2.45) is 5.92 Å². The van der Waals surface area contributed by atoms with Crippen LogP contribution in [0.1, 0.15) is 33.1 Å². The van der Waals surface area contributed by atoms with Crippen molar-refractivity contribution in [1.29, 1.82) is 0 Å². The molecule has 0 aliphatic carbocycles. The molecule has 0 saturated carbocycles. The van der Waals surface area contributed by atoms with Crippen LogP contribution in [0.15, 0.2) is 11.6 Å². The maximum Gasteiger partial charge on any atom is 0.330 e. The Morgan fingerprint density at radius 3 is 2.87 bits per heavy atom. The van der Waals surface area contributed by atoms with E-state index in [1.54, 1.807) is 6.92 Å². The van der Waals surface area contributed by atoms with Gasteiger partial charge in [0.2, 0.25) is 0 Å². The van der Waals surface area contributed by atoms with Crippen LogP contribution in [-0.4, -0.2) is 35.6 Å². The average molecular weight is 211 g/mol. The summed E-state index contributed by atoms with van der Waals surface area (Å²) >= 11 is 0. The fraction of sp³-hybridized carbons (Fsp3) is 0.750. The summed E-state index contributed by atoms with van der Waals surface area (Å²) < 4.78 is 0. The van der Waals surface area contributed by atoms with Gasteiger partial charge >= 0.3 is 5.97 Å². The number of nitrogens with zero attached hydrogens (tertiary/aromatic N) is 1. The van der Waals surface area contributed by atoms with Gasteiger partial charge < -0.3 is 5.11 Å². The quantitative estimate of drug-likeness (QED) is 0.727. The van der Waals surface area contributed by atoms with Crippen molar-refractivity contribution < 1.29 is 9.90 Å². The van der Waals surface area contributed by atoms with E-state index in [-0.39, 0.29) is 0 Å². The fourth-order valence-corrected chi connectivity index (χ4v) is 1.86. The predicted octanol–water partition coefficient (Wildman–Crippen LogP) is 2.14. The van der Waals surface area contributed by atoms with Crippen LogP contribution in [0.4, 0.5) is 0 Å². The Bertz CT molecular complexity index is 248. The van der Waals surface area contributed by atoms with E-state index in [9.17, 15) is 4.79 Å². The van der Waals surface area contributed by atoms with Crippen LogP contribution in [0.25, 0.3) is 0 Å². The third kappa shape index (κ3) is 4.47. The highest BCUT2D eigenvalue weighted by Gasteiger charge is 2.12. The Kier molecular flexibility index (Phi) is 4.82. The molecule has 1 rings (SSSR count). The minimum atomic E-state index is -0.807. The second-order valence-corrected chi connectivity index (χ2v) is 4.53. The highest BCUT2D eigenvalue weighted by Crippen LogP contribution is 2.16. The van der Waals surface area contributed by atoms with Gasteiger partial charge in [-0.3, -0.25) is 4.90 Å². The molecule has 0 amide bonds. The molecule has 15 heavy (non-hydrogen) atoms. The van der Waals surface area contributed by atoms with Gasteiger partial charge in [0.25, 0.3) is 0 Å². The van der Waals surface area contributed by atoms with Crippen molar-refractivity contribution in [3.05, 3.63) is 11.6 Å². The third-order valence-electron chi connectivity index (χ3n) is 3.10. The molecule has 1 aliphatic rings. The largest absolute Gasteiger partial charge is 0.478 e. The van der Waals surface area contributed by atoms with Gasteiger partial charge in [0.05, 0.1) is 0 Å². The molecule has 1 fully saturated rings. The van der Waals surface area contributed by atoms with Crippen LogP contribution in [0, 0.1) is 5.92 Å². The van der Waals surface area contributed by atoms with Crippen LogP contribution in [0.2, 0.25) is 0 Å². The first-order chi connectivity index (χ1) is 7.09. The molecule has 1 N–H and O–H groups in total. The molecule has 3 heteroatoms. The van der Waals surface area contributed by atoms with Gasteiger partial charge in [-0.1, -0.05) is 13.0 Å². The molecular formula is C12H21NO2. The topological polar surface area (TPSA) is 40.5 Å². The van der Waals surface area contributed by atoms with Crippen molar-refractivity contribution in [3.8, 4) is 0 Å². The molecule has 0 aromatic carbocycles. The van der Waals surface area contributed by atoms with Crippen LogP contribution in [0.5, 0.6) is 0 Å². The van der Waals surface area contributed by atoms with Gasteiger partial charge in [-0.05, 0) is 45.2 Å². The summed E-state index contributed by atoms with van der Waals surface area (Å²) in [7, 11) is 0. The lowest BCUT2D eigenvalue weighted by Gasteiger charge is -2.17. The molecule has 1 atom stereocenters. The molecule has 1 saturated heterocycles. The Morgan fingerprint density at radius 1 is 1.47 bits per heavy atom. The lowest BCUT2D eigenvalue weighted by Crippen LogP contribution is -2.25. The number of hydrogen-bond donors (Lipinski definition) is 1. The Labute approximate surface area is 91.8 Å². The lowest BCUT2D eigenvalue weighted by molar-refractivity contribution is -0.132. The van der Waals surface area contributed by atoms with E-state index in [2.05, 4.69) is 11.8 Å². The number of rotatable bonds is 3. The Hall–Kier alpha value is -0.830. The van der Waals surface area contributed by atoms with Crippen LogP contribution < -0.4 is 0 Å². The van der Waals surface area contributed by atoms with Gasteiger partial charge in [0.1, 0.15) is 0 Å². The third-order valence-corrected chi connectivity index (χ3v) is 3.10. The van der Waals surface area contributed by atoms with Crippen molar-refractivity contribution in [2.45, 2.75) is 33.1 Å². The van der Waals surface area contributed by atoms with Gasteiger partial charge in [-0.15, -0.1) is 0 Å². The summed E-state index contributed by atoms with van der Waals surface area (Å²) in [6.45, 7) is 6.94. The SMILES string of the molecule is CC(=CCN1CCCC(C)CC1)C(=O)O. The van der Waals surface area contributed by atoms with Gasteiger partial charge in [0, 0.05) is 12.1 Å². The molecule has 86 valence electrons. The van der Waals surface area contributed by atoms with Gasteiger partial charge in [-0.2, -0.15) is 0 Å². The first kappa shape index (κ1) is 12.2. The van der Waals surface area contributed by atoms with Gasteiger partial charge in [-0.25, -0.2) is 4.79 Å². The van der Waals surface area contributed by atoms with E-state index in [0.717, 1.165) is 25.6 Å². The standard InChI is InChI=1S/C12H21NO2/c1-10-4-3-7-13(8-5-10)9-6-11(2)12(14)15/h6,10H,3-5,7-9H2,1-2H3,(H,14,15). The molecule has 0 bridgehead atoms. The number of carbonyl (C=O) groups is 1. The minimum Gasteiger partial charge on any atom is -0.478 e. The normalized spacial score (nSPS) is 24.9. The summed E-state index contributed by atoms with van der Waals surface area (Å²) in [5.41, 5.74) is 0.451. The zero-order chi connectivity index (χ0) is 11.3. The van der Waals surface area contributed by atoms with Crippen LogP contribution >= 0.6 is 0 Å². The second-order valence-electron chi connectivity index (χ2n) is 4.53. The summed E-state index contributed by atoms with van der Waals surface area (Å²) in [5, 5.41) is 8.72. The minimum absolute atomic E-state index is 0.451. The van der Waals surface area contributed by atoms with Crippen LogP contribution in [-0.2, 0) is 4.79 Å². The molecule has 0 radical (unpaired) electrons. The van der Waals surface area contributed by atoms with Crippen molar-refractivity contribution >= 4 is 5.97 Å². The highest BCUT2D eigenvalue weighted by atomic mass is 16.4. The maximum atomic E-state index is 10.6. The van der Waals surface area contributed by atoms with Crippen LogP contribution in [0.3, 0.4) is 0 Å². The maximum absolute atomic E-state index is 10.6.